The van der Waals surface area contributed by atoms with E-state index in [2.05, 4.69) is 17.4 Å². The van der Waals surface area contributed by atoms with E-state index < -0.39 is 0 Å². The second-order valence-electron chi connectivity index (χ2n) is 9.75. The lowest BCUT2D eigenvalue weighted by Gasteiger charge is -2.53. The number of benzene rings is 1. The number of amides is 1. The van der Waals surface area contributed by atoms with Crippen LogP contribution in [-0.2, 0) is 14.9 Å². The number of halogens is 1. The molecule has 2 bridgehead atoms. The molecule has 31 heavy (non-hydrogen) atoms. The molecule has 1 aromatic carbocycles. The van der Waals surface area contributed by atoms with Crippen LogP contribution < -0.4 is 15.8 Å². The molecule has 0 radical (unpaired) electrons. The number of fused-ring (bicyclic) bond motifs is 3. The van der Waals surface area contributed by atoms with E-state index in [1.54, 1.807) is 7.11 Å². The summed E-state index contributed by atoms with van der Waals surface area (Å²) in [5.74, 6) is 1.56. The molecule has 5 nitrogen and oxygen atoms in total. The van der Waals surface area contributed by atoms with Crippen LogP contribution >= 0.6 is 0 Å². The van der Waals surface area contributed by atoms with Gasteiger partial charge in [-0.05, 0) is 80.4 Å². The highest BCUT2D eigenvalue weighted by Crippen LogP contribution is 2.58. The molecule has 0 atom stereocenters. The topological polar surface area (TPSA) is 73.6 Å². The first-order chi connectivity index (χ1) is 15.0. The fourth-order valence-corrected chi connectivity index (χ4v) is 5.63. The molecule has 4 aliphatic rings. The van der Waals surface area contributed by atoms with Crippen molar-refractivity contribution in [3.8, 4) is 5.75 Å². The zero-order valence-electron chi connectivity index (χ0n) is 18.5. The third-order valence-corrected chi connectivity index (χ3v) is 8.11. The van der Waals surface area contributed by atoms with Gasteiger partial charge in [0.15, 0.2) is 0 Å². The van der Waals surface area contributed by atoms with Gasteiger partial charge in [-0.25, -0.2) is 4.39 Å². The number of ether oxygens (including phenoxy) is 2. The maximum atomic E-state index is 13.0. The van der Waals surface area contributed by atoms with E-state index in [0.717, 1.165) is 63.7 Å². The largest absolute Gasteiger partial charge is 0.489 e. The highest BCUT2D eigenvalue weighted by molar-refractivity contribution is 5.83. The van der Waals surface area contributed by atoms with Crippen LogP contribution in [0.4, 0.5) is 4.39 Å². The van der Waals surface area contributed by atoms with E-state index in [1.165, 1.54) is 5.56 Å². The fraction of sp³-hybridized carbons (Fsp3) is 0.640. The lowest BCUT2D eigenvalue weighted by atomic mass is 9.51. The Labute approximate surface area is 184 Å². The number of carbonyl (C=O) groups is 1. The first-order valence-corrected chi connectivity index (χ1v) is 11.6. The lowest BCUT2D eigenvalue weighted by molar-refractivity contribution is -0.138. The maximum absolute atomic E-state index is 13.0. The molecule has 0 aliphatic heterocycles. The fourth-order valence-electron chi connectivity index (χ4n) is 5.63. The second kappa shape index (κ2) is 9.29. The number of hydrogen-bond acceptors (Lipinski definition) is 4. The summed E-state index contributed by atoms with van der Waals surface area (Å²) >= 11 is 0. The van der Waals surface area contributed by atoms with Gasteiger partial charge in [-0.2, -0.15) is 0 Å². The molecule has 4 aliphatic carbocycles. The van der Waals surface area contributed by atoms with Crippen molar-refractivity contribution in [1.29, 1.82) is 0 Å². The Morgan fingerprint density at radius 3 is 2.35 bits per heavy atom. The zero-order valence-corrected chi connectivity index (χ0v) is 18.5. The minimum Gasteiger partial charge on any atom is -0.489 e. The van der Waals surface area contributed by atoms with Crippen LogP contribution in [0.3, 0.4) is 0 Å². The smallest absolute Gasteiger partial charge is 0.226 e. The highest BCUT2D eigenvalue weighted by Gasteiger charge is 2.52. The molecule has 4 saturated carbocycles. The summed E-state index contributed by atoms with van der Waals surface area (Å²) < 4.78 is 23.6. The van der Waals surface area contributed by atoms with Gasteiger partial charge < -0.3 is 20.5 Å². The SMILES string of the molecule is CO[C@H]1C[C@H](CNC(=O)C23CCC(c4ccc(OC/C(=C/F)CN)cc4)(CC2)CC3)C1. The summed E-state index contributed by atoms with van der Waals surface area (Å²) in [4.78, 5) is 13.0. The molecular weight excluding hydrogens is 395 g/mol. The van der Waals surface area contributed by atoms with E-state index in [1.807, 2.05) is 12.1 Å². The molecule has 5 rings (SSSR count). The van der Waals surface area contributed by atoms with Crippen molar-refractivity contribution in [1.82, 2.24) is 5.32 Å². The van der Waals surface area contributed by atoms with E-state index in [0.29, 0.717) is 23.9 Å². The Balaban J connectivity index is 1.30. The first-order valence-electron chi connectivity index (χ1n) is 11.6. The quantitative estimate of drug-likeness (QED) is 0.621. The molecule has 4 fully saturated rings. The van der Waals surface area contributed by atoms with Crippen molar-refractivity contribution in [2.24, 2.45) is 17.1 Å². The molecule has 0 heterocycles. The van der Waals surface area contributed by atoms with Gasteiger partial charge in [0, 0.05) is 31.2 Å². The van der Waals surface area contributed by atoms with Gasteiger partial charge in [0.1, 0.15) is 12.4 Å². The van der Waals surface area contributed by atoms with Crippen LogP contribution in [0.25, 0.3) is 0 Å². The van der Waals surface area contributed by atoms with Crippen molar-refractivity contribution in [3.05, 3.63) is 41.7 Å². The zero-order chi connectivity index (χ0) is 21.9. The van der Waals surface area contributed by atoms with Gasteiger partial charge in [-0.15, -0.1) is 0 Å². The summed E-state index contributed by atoms with van der Waals surface area (Å²) in [6.07, 6.45) is 9.06. The van der Waals surface area contributed by atoms with E-state index >= 15 is 0 Å². The Morgan fingerprint density at radius 1 is 1.16 bits per heavy atom. The predicted molar refractivity (Wildman–Crippen MR) is 119 cm³/mol. The minimum absolute atomic E-state index is 0.154. The maximum Gasteiger partial charge on any atom is 0.226 e. The van der Waals surface area contributed by atoms with Gasteiger partial charge in [0.05, 0.1) is 12.4 Å². The Bertz CT molecular complexity index is 777. The molecular formula is C25H35FN2O3. The normalized spacial score (nSPS) is 32.4. The average molecular weight is 431 g/mol. The van der Waals surface area contributed by atoms with Crippen molar-refractivity contribution in [2.75, 3.05) is 26.8 Å². The Hall–Kier alpha value is -1.92. The van der Waals surface area contributed by atoms with Gasteiger partial charge >= 0.3 is 0 Å². The second-order valence-corrected chi connectivity index (χ2v) is 9.75. The van der Waals surface area contributed by atoms with Gasteiger partial charge in [0.25, 0.3) is 0 Å². The Morgan fingerprint density at radius 2 is 1.81 bits per heavy atom. The number of nitrogens with two attached hydrogens (primary N) is 1. The molecule has 3 N–H and O–H groups in total. The van der Waals surface area contributed by atoms with Crippen molar-refractivity contribution in [2.45, 2.75) is 62.9 Å². The van der Waals surface area contributed by atoms with E-state index in [9.17, 15) is 9.18 Å². The van der Waals surface area contributed by atoms with E-state index in [-0.39, 0.29) is 29.9 Å². The molecule has 1 amide bonds. The van der Waals surface area contributed by atoms with Crippen LogP contribution in [0.1, 0.15) is 56.9 Å². The monoisotopic (exact) mass is 430 g/mol. The molecule has 0 spiro atoms. The highest BCUT2D eigenvalue weighted by atomic mass is 19.1. The third-order valence-electron chi connectivity index (χ3n) is 8.11. The first kappa shape index (κ1) is 22.3. The molecule has 170 valence electrons. The van der Waals surface area contributed by atoms with Gasteiger partial charge in [0.2, 0.25) is 5.91 Å². The summed E-state index contributed by atoms with van der Waals surface area (Å²) in [7, 11) is 1.76. The van der Waals surface area contributed by atoms with Crippen LogP contribution in [0.5, 0.6) is 5.75 Å². The lowest BCUT2D eigenvalue weighted by Crippen LogP contribution is -2.52. The molecule has 0 unspecified atom stereocenters. The third kappa shape index (κ3) is 4.51. The van der Waals surface area contributed by atoms with Crippen molar-refractivity contribution >= 4 is 5.91 Å². The van der Waals surface area contributed by atoms with E-state index in [4.69, 9.17) is 15.2 Å². The van der Waals surface area contributed by atoms with Crippen molar-refractivity contribution in [3.63, 3.8) is 0 Å². The number of carbonyl (C=O) groups excluding carboxylic acids is 1. The summed E-state index contributed by atoms with van der Waals surface area (Å²) in [5, 5.41) is 3.26. The average Bonchev–Trinajstić information content (AvgIpc) is 2.80. The van der Waals surface area contributed by atoms with Crippen LogP contribution in [0, 0.1) is 11.3 Å². The number of methoxy groups -OCH3 is 1. The van der Waals surface area contributed by atoms with Crippen LogP contribution in [-0.4, -0.2) is 38.8 Å². The number of rotatable bonds is 9. The summed E-state index contributed by atoms with van der Waals surface area (Å²) in [6, 6.07) is 8.20. The molecule has 1 aromatic rings. The minimum atomic E-state index is -0.174. The van der Waals surface area contributed by atoms with Gasteiger partial charge in [-0.1, -0.05) is 12.1 Å². The van der Waals surface area contributed by atoms with Crippen LogP contribution in [0.15, 0.2) is 36.2 Å². The molecule has 0 aromatic heterocycles. The van der Waals surface area contributed by atoms with Crippen LogP contribution in [0.2, 0.25) is 0 Å². The predicted octanol–water partition coefficient (Wildman–Crippen LogP) is 4.01. The van der Waals surface area contributed by atoms with Crippen molar-refractivity contribution < 1.29 is 18.7 Å². The number of hydrogen-bond donors (Lipinski definition) is 2. The summed E-state index contributed by atoms with van der Waals surface area (Å²) in [6.45, 7) is 1.11. The standard InChI is InChI=1S/C25H35FN2O3/c1-30-22-12-18(13-22)16-28-23(29)25-9-6-24(7-10-25,8-11-25)20-2-4-21(5-3-20)31-17-19(14-26)15-27/h2-5,14,18,22H,6-13,15-17,27H2,1H3,(H,28,29)/b19-14+/t18-,22-,24?,25?. The number of nitrogens with one attached hydrogen (secondary N) is 1. The summed E-state index contributed by atoms with van der Waals surface area (Å²) in [5.41, 5.74) is 7.23. The van der Waals surface area contributed by atoms with Gasteiger partial charge in [-0.3, -0.25) is 4.79 Å². The Kier molecular flexibility index (Phi) is 6.68. The molecule has 6 heteroatoms. The molecule has 0 saturated heterocycles.